The fourth-order valence-electron chi connectivity index (χ4n) is 4.67. The molecule has 0 bridgehead atoms. The smallest absolute Gasteiger partial charge is 0.236 e. The van der Waals surface area contributed by atoms with Crippen LogP contribution in [0.5, 0.6) is 5.75 Å². The topological polar surface area (TPSA) is 56.3 Å². The molecule has 2 unspecified atom stereocenters. The standard InChI is InChI=1S/C24H38N4O3/c1-19-13-20(2)15-28(14-19)24(30)18-27-11-9-26(10-12-27)17-23(29)25(3)16-21-5-7-22(31-4)8-6-21/h5-8,19-20H,9-18H2,1-4H3. The molecule has 0 aromatic heterocycles. The van der Waals surface area contributed by atoms with E-state index in [9.17, 15) is 9.59 Å². The van der Waals surface area contributed by atoms with E-state index in [4.69, 9.17) is 4.74 Å². The van der Waals surface area contributed by atoms with Crippen molar-refractivity contribution in [2.45, 2.75) is 26.8 Å². The Morgan fingerprint density at radius 3 is 2.06 bits per heavy atom. The van der Waals surface area contributed by atoms with E-state index >= 15 is 0 Å². The van der Waals surface area contributed by atoms with Crippen LogP contribution in [0.4, 0.5) is 0 Å². The summed E-state index contributed by atoms with van der Waals surface area (Å²) in [6.07, 6.45) is 1.21. The predicted octanol–water partition coefficient (Wildman–Crippen LogP) is 1.78. The normalized spacial score (nSPS) is 22.9. The number of carbonyl (C=O) groups excluding carboxylic acids is 2. The van der Waals surface area contributed by atoms with E-state index in [1.165, 1.54) is 6.42 Å². The first-order valence-corrected chi connectivity index (χ1v) is 11.4. The van der Waals surface area contributed by atoms with Crippen LogP contribution in [-0.4, -0.2) is 97.9 Å². The van der Waals surface area contributed by atoms with E-state index < -0.39 is 0 Å². The van der Waals surface area contributed by atoms with Crippen molar-refractivity contribution in [3.8, 4) is 5.75 Å². The van der Waals surface area contributed by atoms with Crippen molar-refractivity contribution in [2.75, 3.05) is 66.5 Å². The zero-order valence-electron chi connectivity index (χ0n) is 19.5. The van der Waals surface area contributed by atoms with Gasteiger partial charge in [0, 0.05) is 52.9 Å². The quantitative estimate of drug-likeness (QED) is 0.660. The van der Waals surface area contributed by atoms with Gasteiger partial charge in [-0.05, 0) is 36.0 Å². The lowest BCUT2D eigenvalue weighted by Gasteiger charge is -2.38. The Bertz CT molecular complexity index is 721. The van der Waals surface area contributed by atoms with Crippen molar-refractivity contribution in [1.82, 2.24) is 19.6 Å². The summed E-state index contributed by atoms with van der Waals surface area (Å²) in [6, 6.07) is 7.81. The molecule has 31 heavy (non-hydrogen) atoms. The summed E-state index contributed by atoms with van der Waals surface area (Å²) in [4.78, 5) is 33.6. The molecule has 0 spiro atoms. The summed E-state index contributed by atoms with van der Waals surface area (Å²) in [6.45, 7) is 11.1. The van der Waals surface area contributed by atoms with Crippen LogP contribution in [0.3, 0.4) is 0 Å². The molecule has 0 saturated carbocycles. The highest BCUT2D eigenvalue weighted by atomic mass is 16.5. The molecule has 7 heteroatoms. The molecule has 0 aliphatic carbocycles. The first-order valence-electron chi connectivity index (χ1n) is 11.4. The number of piperidine rings is 1. The summed E-state index contributed by atoms with van der Waals surface area (Å²) in [5.74, 6) is 2.37. The van der Waals surface area contributed by atoms with Crippen molar-refractivity contribution in [3.05, 3.63) is 29.8 Å². The number of amides is 2. The Balaban J connectivity index is 1.38. The maximum Gasteiger partial charge on any atom is 0.236 e. The van der Waals surface area contributed by atoms with Gasteiger partial charge in [0.15, 0.2) is 0 Å². The number of rotatable bonds is 7. The number of piperazine rings is 1. The van der Waals surface area contributed by atoms with E-state index in [-0.39, 0.29) is 11.8 Å². The van der Waals surface area contributed by atoms with Crippen molar-refractivity contribution in [3.63, 3.8) is 0 Å². The van der Waals surface area contributed by atoms with Crippen LogP contribution >= 0.6 is 0 Å². The molecule has 7 nitrogen and oxygen atoms in total. The van der Waals surface area contributed by atoms with Gasteiger partial charge in [-0.2, -0.15) is 0 Å². The van der Waals surface area contributed by atoms with Gasteiger partial charge in [-0.15, -0.1) is 0 Å². The fourth-order valence-corrected chi connectivity index (χ4v) is 4.67. The number of carbonyl (C=O) groups is 2. The molecule has 1 aromatic carbocycles. The zero-order chi connectivity index (χ0) is 22.4. The highest BCUT2D eigenvalue weighted by molar-refractivity contribution is 5.79. The van der Waals surface area contributed by atoms with Crippen LogP contribution in [-0.2, 0) is 16.1 Å². The van der Waals surface area contributed by atoms with Gasteiger partial charge in [0.05, 0.1) is 20.2 Å². The third-order valence-corrected chi connectivity index (χ3v) is 6.41. The summed E-state index contributed by atoms with van der Waals surface area (Å²) < 4.78 is 5.18. The molecular formula is C24H38N4O3. The van der Waals surface area contributed by atoms with Crippen LogP contribution in [0.15, 0.2) is 24.3 Å². The van der Waals surface area contributed by atoms with Crippen LogP contribution in [0, 0.1) is 11.8 Å². The SMILES string of the molecule is COc1ccc(CN(C)C(=O)CN2CCN(CC(=O)N3CC(C)CC(C)C3)CC2)cc1. The van der Waals surface area contributed by atoms with Gasteiger partial charge in [-0.1, -0.05) is 26.0 Å². The van der Waals surface area contributed by atoms with Crippen molar-refractivity contribution >= 4 is 11.8 Å². The molecule has 2 amide bonds. The lowest BCUT2D eigenvalue weighted by molar-refractivity contribution is -0.136. The molecule has 2 heterocycles. The summed E-state index contributed by atoms with van der Waals surface area (Å²) in [5, 5.41) is 0. The predicted molar refractivity (Wildman–Crippen MR) is 122 cm³/mol. The number of likely N-dealkylation sites (N-methyl/N-ethyl adjacent to an activating group) is 1. The van der Waals surface area contributed by atoms with Crippen molar-refractivity contribution < 1.29 is 14.3 Å². The lowest BCUT2D eigenvalue weighted by atomic mass is 9.92. The van der Waals surface area contributed by atoms with Gasteiger partial charge in [-0.25, -0.2) is 0 Å². The average molecular weight is 431 g/mol. The molecule has 2 aliphatic heterocycles. The van der Waals surface area contributed by atoms with E-state index in [0.717, 1.165) is 50.6 Å². The van der Waals surface area contributed by atoms with Crippen LogP contribution in [0.25, 0.3) is 0 Å². The second-order valence-corrected chi connectivity index (χ2v) is 9.39. The zero-order valence-corrected chi connectivity index (χ0v) is 19.5. The number of ether oxygens (including phenoxy) is 1. The lowest BCUT2D eigenvalue weighted by Crippen LogP contribution is -2.53. The molecule has 172 valence electrons. The fraction of sp³-hybridized carbons (Fsp3) is 0.667. The van der Waals surface area contributed by atoms with Crippen LogP contribution < -0.4 is 4.74 Å². The monoisotopic (exact) mass is 430 g/mol. The maximum absolute atomic E-state index is 12.7. The van der Waals surface area contributed by atoms with Gasteiger partial charge in [0.25, 0.3) is 0 Å². The number of benzene rings is 1. The van der Waals surface area contributed by atoms with Crippen molar-refractivity contribution in [1.29, 1.82) is 0 Å². The summed E-state index contributed by atoms with van der Waals surface area (Å²) >= 11 is 0. The molecule has 1 aromatic rings. The number of likely N-dealkylation sites (tertiary alicyclic amines) is 1. The molecule has 2 aliphatic rings. The van der Waals surface area contributed by atoms with Gasteiger partial charge in [0.2, 0.25) is 11.8 Å². The summed E-state index contributed by atoms with van der Waals surface area (Å²) in [5.41, 5.74) is 1.08. The third-order valence-electron chi connectivity index (χ3n) is 6.41. The Hall–Kier alpha value is -2.12. The number of methoxy groups -OCH3 is 1. The molecule has 2 fully saturated rings. The minimum atomic E-state index is 0.122. The number of nitrogens with zero attached hydrogens (tertiary/aromatic N) is 4. The molecule has 2 saturated heterocycles. The molecular weight excluding hydrogens is 392 g/mol. The minimum Gasteiger partial charge on any atom is -0.497 e. The van der Waals surface area contributed by atoms with E-state index in [1.54, 1.807) is 12.0 Å². The van der Waals surface area contributed by atoms with Gasteiger partial charge in [0.1, 0.15) is 5.75 Å². The first kappa shape index (κ1) is 23.5. The highest BCUT2D eigenvalue weighted by Crippen LogP contribution is 2.21. The largest absolute Gasteiger partial charge is 0.497 e. The van der Waals surface area contributed by atoms with Crippen LogP contribution in [0.1, 0.15) is 25.8 Å². The highest BCUT2D eigenvalue weighted by Gasteiger charge is 2.28. The van der Waals surface area contributed by atoms with E-state index in [0.29, 0.717) is 31.5 Å². The molecule has 0 N–H and O–H groups in total. The van der Waals surface area contributed by atoms with Gasteiger partial charge in [-0.3, -0.25) is 19.4 Å². The Kier molecular flexibility index (Phi) is 8.32. The molecule has 3 rings (SSSR count). The molecule has 0 radical (unpaired) electrons. The van der Waals surface area contributed by atoms with Gasteiger partial charge >= 0.3 is 0 Å². The first-order chi connectivity index (χ1) is 14.8. The second kappa shape index (κ2) is 11.0. The Labute approximate surface area is 186 Å². The van der Waals surface area contributed by atoms with E-state index in [2.05, 4.69) is 23.6 Å². The number of hydrogen-bond donors (Lipinski definition) is 0. The van der Waals surface area contributed by atoms with Crippen molar-refractivity contribution in [2.24, 2.45) is 11.8 Å². The van der Waals surface area contributed by atoms with Crippen LogP contribution in [0.2, 0.25) is 0 Å². The average Bonchev–Trinajstić information content (AvgIpc) is 2.75. The molecule has 2 atom stereocenters. The minimum absolute atomic E-state index is 0.122. The Morgan fingerprint density at radius 1 is 0.968 bits per heavy atom. The number of hydrogen-bond acceptors (Lipinski definition) is 5. The maximum atomic E-state index is 12.7. The third kappa shape index (κ3) is 6.94. The van der Waals surface area contributed by atoms with E-state index in [1.807, 2.05) is 36.2 Å². The summed E-state index contributed by atoms with van der Waals surface area (Å²) in [7, 11) is 3.50. The Morgan fingerprint density at radius 2 is 1.52 bits per heavy atom. The second-order valence-electron chi connectivity index (χ2n) is 9.39. The van der Waals surface area contributed by atoms with Gasteiger partial charge < -0.3 is 14.5 Å².